The average molecular weight is 316 g/mol. The van der Waals surface area contributed by atoms with E-state index in [0.29, 0.717) is 29.5 Å². The summed E-state index contributed by atoms with van der Waals surface area (Å²) >= 11 is 0. The minimum atomic E-state index is -0.363. The first kappa shape index (κ1) is 16.5. The van der Waals surface area contributed by atoms with Gasteiger partial charge in [-0.1, -0.05) is 0 Å². The van der Waals surface area contributed by atoms with Crippen LogP contribution in [0.1, 0.15) is 6.92 Å². The SMILES string of the molecule is CCOc1ccc(NC(=O)Nc2ccc(OC)cc2OC)cc1. The van der Waals surface area contributed by atoms with E-state index in [2.05, 4.69) is 10.6 Å². The van der Waals surface area contributed by atoms with Gasteiger partial charge >= 0.3 is 6.03 Å². The minimum Gasteiger partial charge on any atom is -0.497 e. The van der Waals surface area contributed by atoms with E-state index in [0.717, 1.165) is 5.75 Å². The summed E-state index contributed by atoms with van der Waals surface area (Å²) in [5, 5.41) is 5.49. The summed E-state index contributed by atoms with van der Waals surface area (Å²) in [6.45, 7) is 2.52. The summed E-state index contributed by atoms with van der Waals surface area (Å²) in [6.07, 6.45) is 0. The number of amides is 2. The van der Waals surface area contributed by atoms with Crippen molar-refractivity contribution >= 4 is 17.4 Å². The molecule has 0 fully saturated rings. The van der Waals surface area contributed by atoms with Crippen LogP contribution in [-0.2, 0) is 0 Å². The topological polar surface area (TPSA) is 68.8 Å². The fraction of sp³-hybridized carbons (Fsp3) is 0.235. The third-order valence-electron chi connectivity index (χ3n) is 3.08. The lowest BCUT2D eigenvalue weighted by Crippen LogP contribution is -2.19. The summed E-state index contributed by atoms with van der Waals surface area (Å²) in [5.41, 5.74) is 1.22. The predicted molar refractivity (Wildman–Crippen MR) is 89.8 cm³/mol. The van der Waals surface area contributed by atoms with Crippen molar-refractivity contribution in [2.24, 2.45) is 0 Å². The van der Waals surface area contributed by atoms with Crippen LogP contribution >= 0.6 is 0 Å². The zero-order valence-electron chi connectivity index (χ0n) is 13.4. The first-order valence-electron chi connectivity index (χ1n) is 7.19. The van der Waals surface area contributed by atoms with Gasteiger partial charge in [0, 0.05) is 11.8 Å². The Morgan fingerprint density at radius 2 is 1.65 bits per heavy atom. The second-order valence-corrected chi connectivity index (χ2v) is 4.60. The van der Waals surface area contributed by atoms with Gasteiger partial charge in [0.2, 0.25) is 0 Å². The van der Waals surface area contributed by atoms with Crippen molar-refractivity contribution < 1.29 is 19.0 Å². The Morgan fingerprint density at radius 1 is 0.957 bits per heavy atom. The highest BCUT2D eigenvalue weighted by molar-refractivity contribution is 6.00. The van der Waals surface area contributed by atoms with Gasteiger partial charge in [-0.2, -0.15) is 0 Å². The first-order chi connectivity index (χ1) is 11.2. The van der Waals surface area contributed by atoms with Crippen LogP contribution < -0.4 is 24.8 Å². The van der Waals surface area contributed by atoms with Gasteiger partial charge in [0.25, 0.3) is 0 Å². The molecule has 0 saturated carbocycles. The maximum Gasteiger partial charge on any atom is 0.323 e. The van der Waals surface area contributed by atoms with Crippen molar-refractivity contribution in [3.63, 3.8) is 0 Å². The third-order valence-corrected chi connectivity index (χ3v) is 3.08. The number of nitrogens with one attached hydrogen (secondary N) is 2. The molecule has 122 valence electrons. The molecule has 2 aromatic rings. The smallest absolute Gasteiger partial charge is 0.323 e. The van der Waals surface area contributed by atoms with Crippen LogP contribution in [0, 0.1) is 0 Å². The summed E-state index contributed by atoms with van der Waals surface area (Å²) in [4.78, 5) is 12.1. The van der Waals surface area contributed by atoms with Gasteiger partial charge in [-0.05, 0) is 43.3 Å². The molecule has 0 aliphatic heterocycles. The second-order valence-electron chi connectivity index (χ2n) is 4.60. The molecular formula is C17H20N2O4. The molecule has 0 bridgehead atoms. The molecule has 6 nitrogen and oxygen atoms in total. The molecule has 0 heterocycles. The highest BCUT2D eigenvalue weighted by Gasteiger charge is 2.09. The fourth-order valence-corrected chi connectivity index (χ4v) is 1.99. The number of methoxy groups -OCH3 is 2. The van der Waals surface area contributed by atoms with Crippen LogP contribution in [0.25, 0.3) is 0 Å². The molecule has 0 unspecified atom stereocenters. The number of carbonyl (C=O) groups is 1. The maximum atomic E-state index is 12.1. The van der Waals surface area contributed by atoms with Crippen LogP contribution in [0.3, 0.4) is 0 Å². The zero-order valence-corrected chi connectivity index (χ0v) is 13.4. The van der Waals surface area contributed by atoms with Crippen molar-refractivity contribution in [1.29, 1.82) is 0 Å². The zero-order chi connectivity index (χ0) is 16.7. The van der Waals surface area contributed by atoms with Crippen LogP contribution in [0.15, 0.2) is 42.5 Å². The molecule has 0 radical (unpaired) electrons. The number of hydrogen-bond acceptors (Lipinski definition) is 4. The van der Waals surface area contributed by atoms with Crippen LogP contribution in [0.5, 0.6) is 17.2 Å². The largest absolute Gasteiger partial charge is 0.497 e. The van der Waals surface area contributed by atoms with Crippen molar-refractivity contribution in [2.75, 3.05) is 31.5 Å². The van der Waals surface area contributed by atoms with E-state index in [1.54, 1.807) is 49.6 Å². The van der Waals surface area contributed by atoms with E-state index >= 15 is 0 Å². The van der Waals surface area contributed by atoms with Gasteiger partial charge in [-0.3, -0.25) is 0 Å². The molecule has 0 aliphatic rings. The molecule has 0 aromatic heterocycles. The number of ether oxygens (including phenoxy) is 3. The third kappa shape index (κ3) is 4.54. The monoisotopic (exact) mass is 316 g/mol. The van der Waals surface area contributed by atoms with Crippen molar-refractivity contribution in [1.82, 2.24) is 0 Å². The lowest BCUT2D eigenvalue weighted by molar-refractivity contribution is 0.262. The van der Waals surface area contributed by atoms with Gasteiger partial charge in [-0.15, -0.1) is 0 Å². The van der Waals surface area contributed by atoms with Crippen LogP contribution in [-0.4, -0.2) is 26.9 Å². The Kier molecular flexibility index (Phi) is 5.68. The number of anilines is 2. The highest BCUT2D eigenvalue weighted by atomic mass is 16.5. The number of hydrogen-bond donors (Lipinski definition) is 2. The molecule has 6 heteroatoms. The van der Waals surface area contributed by atoms with Gasteiger partial charge in [0.05, 0.1) is 26.5 Å². The van der Waals surface area contributed by atoms with E-state index < -0.39 is 0 Å². The predicted octanol–water partition coefficient (Wildman–Crippen LogP) is 3.75. The van der Waals surface area contributed by atoms with E-state index in [4.69, 9.17) is 14.2 Å². The maximum absolute atomic E-state index is 12.1. The van der Waals surface area contributed by atoms with E-state index in [1.807, 2.05) is 6.92 Å². The average Bonchev–Trinajstić information content (AvgIpc) is 2.57. The molecule has 2 N–H and O–H groups in total. The van der Waals surface area contributed by atoms with Crippen LogP contribution in [0.4, 0.5) is 16.2 Å². The molecular weight excluding hydrogens is 296 g/mol. The minimum absolute atomic E-state index is 0.363. The summed E-state index contributed by atoms with van der Waals surface area (Å²) in [5.74, 6) is 1.93. The Labute approximate surface area is 135 Å². The standard InChI is InChI=1S/C17H20N2O4/c1-4-23-13-7-5-12(6-8-13)18-17(20)19-15-10-9-14(21-2)11-16(15)22-3/h5-11H,4H2,1-3H3,(H2,18,19,20). The van der Waals surface area contributed by atoms with Gasteiger partial charge in [0.1, 0.15) is 17.2 Å². The van der Waals surface area contributed by atoms with E-state index in [9.17, 15) is 4.79 Å². The summed E-state index contributed by atoms with van der Waals surface area (Å²) < 4.78 is 15.7. The summed E-state index contributed by atoms with van der Waals surface area (Å²) in [6, 6.07) is 11.9. The lowest BCUT2D eigenvalue weighted by atomic mass is 10.2. The molecule has 0 spiro atoms. The van der Waals surface area contributed by atoms with Gasteiger partial charge < -0.3 is 24.8 Å². The molecule has 0 saturated heterocycles. The number of benzene rings is 2. The highest BCUT2D eigenvalue weighted by Crippen LogP contribution is 2.29. The fourth-order valence-electron chi connectivity index (χ4n) is 1.99. The Balaban J connectivity index is 2.01. The van der Waals surface area contributed by atoms with Crippen LogP contribution in [0.2, 0.25) is 0 Å². The van der Waals surface area contributed by atoms with E-state index in [1.165, 1.54) is 7.11 Å². The first-order valence-corrected chi connectivity index (χ1v) is 7.19. The molecule has 0 aliphatic carbocycles. The Hall–Kier alpha value is -2.89. The molecule has 2 amide bonds. The molecule has 2 rings (SSSR count). The van der Waals surface area contributed by atoms with Crippen molar-refractivity contribution in [3.05, 3.63) is 42.5 Å². The molecule has 0 atom stereocenters. The van der Waals surface area contributed by atoms with Gasteiger partial charge in [0.15, 0.2) is 0 Å². The number of rotatable bonds is 6. The van der Waals surface area contributed by atoms with Crippen molar-refractivity contribution in [2.45, 2.75) is 6.92 Å². The lowest BCUT2D eigenvalue weighted by Gasteiger charge is -2.12. The molecule has 23 heavy (non-hydrogen) atoms. The van der Waals surface area contributed by atoms with Crippen molar-refractivity contribution in [3.8, 4) is 17.2 Å². The number of urea groups is 1. The van der Waals surface area contributed by atoms with Gasteiger partial charge in [-0.25, -0.2) is 4.79 Å². The normalized spacial score (nSPS) is 9.87. The number of carbonyl (C=O) groups excluding carboxylic acids is 1. The summed E-state index contributed by atoms with van der Waals surface area (Å²) in [7, 11) is 3.10. The Morgan fingerprint density at radius 3 is 2.26 bits per heavy atom. The molecule has 2 aromatic carbocycles. The van der Waals surface area contributed by atoms with E-state index in [-0.39, 0.29) is 6.03 Å². The second kappa shape index (κ2) is 7.93. The Bertz CT molecular complexity index is 656. The quantitative estimate of drug-likeness (QED) is 0.851.